The van der Waals surface area contributed by atoms with Gasteiger partial charge in [-0.3, -0.25) is 15.6 Å². The van der Waals surface area contributed by atoms with Gasteiger partial charge in [0, 0.05) is 17.8 Å². The van der Waals surface area contributed by atoms with E-state index in [0.29, 0.717) is 5.70 Å². The molecule has 11 nitrogen and oxygen atoms in total. The van der Waals surface area contributed by atoms with E-state index >= 15 is 0 Å². The van der Waals surface area contributed by atoms with Crippen molar-refractivity contribution in [1.29, 1.82) is 0 Å². The van der Waals surface area contributed by atoms with Crippen molar-refractivity contribution in [2.75, 3.05) is 19.0 Å². The van der Waals surface area contributed by atoms with Crippen LogP contribution in [0.2, 0.25) is 5.15 Å². The van der Waals surface area contributed by atoms with Crippen molar-refractivity contribution in [2.45, 2.75) is 5.03 Å². The van der Waals surface area contributed by atoms with Crippen LogP contribution in [0.3, 0.4) is 0 Å². The minimum Gasteiger partial charge on any atom is -0.481 e. The van der Waals surface area contributed by atoms with Crippen LogP contribution in [0, 0.1) is 0 Å². The van der Waals surface area contributed by atoms with Gasteiger partial charge < -0.3 is 4.74 Å². The summed E-state index contributed by atoms with van der Waals surface area (Å²) in [5, 5.41) is 1.83. The lowest BCUT2D eigenvalue weighted by Crippen LogP contribution is -2.36. The highest BCUT2D eigenvalue weighted by molar-refractivity contribution is 7.90. The number of urea groups is 1. The molecule has 0 spiro atoms. The van der Waals surface area contributed by atoms with Gasteiger partial charge in [-0.05, 0) is 18.2 Å². The van der Waals surface area contributed by atoms with Gasteiger partial charge in [-0.2, -0.15) is 13.4 Å². The molecule has 3 heterocycles. The standard InChI is InChI=1S/C14H13ClN6O5S/c1-25-11-7-10(15)17-13(18-11)19-14(22)21-27(23,24)12-8(3-2-5-16-12)9-4-6-26-20-9/h2-5,7,20H,6H2,1H3,(H2,17,18,19,21,22). The number of carbonyl (C=O) groups is 1. The number of ether oxygens (including phenoxy) is 1. The zero-order valence-electron chi connectivity index (χ0n) is 13.8. The van der Waals surface area contributed by atoms with Crippen LogP contribution in [-0.2, 0) is 14.9 Å². The fourth-order valence-corrected chi connectivity index (χ4v) is 3.35. The Morgan fingerprint density at radius 3 is 2.93 bits per heavy atom. The average molecular weight is 413 g/mol. The zero-order valence-corrected chi connectivity index (χ0v) is 15.3. The fraction of sp³-hybridized carbons (Fsp3) is 0.143. The van der Waals surface area contributed by atoms with Gasteiger partial charge >= 0.3 is 6.03 Å². The molecule has 13 heteroatoms. The van der Waals surface area contributed by atoms with Gasteiger partial charge in [0.25, 0.3) is 10.0 Å². The monoisotopic (exact) mass is 412 g/mol. The molecule has 1 aliphatic heterocycles. The number of rotatable bonds is 5. The van der Waals surface area contributed by atoms with E-state index in [4.69, 9.17) is 21.2 Å². The molecule has 0 atom stereocenters. The smallest absolute Gasteiger partial charge is 0.335 e. The molecule has 1 aliphatic rings. The maximum Gasteiger partial charge on any atom is 0.335 e. The van der Waals surface area contributed by atoms with Crippen molar-refractivity contribution >= 4 is 39.3 Å². The van der Waals surface area contributed by atoms with Crippen LogP contribution in [0.4, 0.5) is 10.7 Å². The minimum atomic E-state index is -4.30. The molecule has 0 saturated heterocycles. The van der Waals surface area contributed by atoms with E-state index < -0.39 is 16.1 Å². The minimum absolute atomic E-state index is 0.00580. The van der Waals surface area contributed by atoms with Crippen molar-refractivity contribution in [3.8, 4) is 5.88 Å². The summed E-state index contributed by atoms with van der Waals surface area (Å²) in [7, 11) is -2.95. The molecule has 3 rings (SSSR count). The van der Waals surface area contributed by atoms with Crippen LogP contribution in [-0.4, -0.2) is 43.1 Å². The number of hydroxylamine groups is 1. The molecule has 0 fully saturated rings. The van der Waals surface area contributed by atoms with Gasteiger partial charge in [0.1, 0.15) is 5.15 Å². The molecule has 0 aliphatic carbocycles. The summed E-state index contributed by atoms with van der Waals surface area (Å²) in [6.07, 6.45) is 2.93. The third-order valence-corrected chi connectivity index (χ3v) is 4.68. The third-order valence-electron chi connectivity index (χ3n) is 3.20. The molecule has 2 aromatic heterocycles. The Kier molecular flexibility index (Phi) is 5.39. The van der Waals surface area contributed by atoms with Gasteiger partial charge in [-0.1, -0.05) is 11.6 Å². The van der Waals surface area contributed by atoms with E-state index in [0.717, 1.165) is 0 Å². The van der Waals surface area contributed by atoms with E-state index in [2.05, 4.69) is 25.7 Å². The SMILES string of the molecule is COc1cc(Cl)nc(NC(=O)NS(=O)(=O)c2ncccc2C2=CCON2)n1. The molecule has 0 aromatic carbocycles. The maximum absolute atomic E-state index is 12.6. The Labute approximate surface area is 158 Å². The van der Waals surface area contributed by atoms with Crippen LogP contribution < -0.4 is 20.3 Å². The molecule has 27 heavy (non-hydrogen) atoms. The number of anilines is 1. The molecular weight excluding hydrogens is 400 g/mol. The number of nitrogens with zero attached hydrogens (tertiary/aromatic N) is 3. The number of hydrogen-bond donors (Lipinski definition) is 3. The third kappa shape index (κ3) is 4.42. The van der Waals surface area contributed by atoms with Crippen LogP contribution in [0.1, 0.15) is 5.56 Å². The quantitative estimate of drug-likeness (QED) is 0.610. The first-order chi connectivity index (χ1) is 12.9. The first-order valence-electron chi connectivity index (χ1n) is 7.35. The molecule has 2 amide bonds. The van der Waals surface area contributed by atoms with Gasteiger partial charge in [0.15, 0.2) is 5.03 Å². The number of hydrogen-bond acceptors (Lipinski definition) is 9. The molecular formula is C14H13ClN6O5S. The topological polar surface area (TPSA) is 144 Å². The van der Waals surface area contributed by atoms with E-state index in [1.54, 1.807) is 12.1 Å². The molecule has 2 aromatic rings. The largest absolute Gasteiger partial charge is 0.481 e. The first-order valence-corrected chi connectivity index (χ1v) is 9.21. The van der Waals surface area contributed by atoms with Crippen LogP contribution in [0.25, 0.3) is 5.70 Å². The number of nitrogens with one attached hydrogen (secondary N) is 3. The molecule has 3 N–H and O–H groups in total. The number of pyridine rings is 1. The number of carbonyl (C=O) groups excluding carboxylic acids is 1. The van der Waals surface area contributed by atoms with E-state index in [1.165, 1.54) is 25.4 Å². The van der Waals surface area contributed by atoms with Gasteiger partial charge in [-0.15, -0.1) is 0 Å². The van der Waals surface area contributed by atoms with Crippen LogP contribution in [0.5, 0.6) is 5.88 Å². The van der Waals surface area contributed by atoms with Gasteiger partial charge in [0.05, 0.1) is 19.4 Å². The lowest BCUT2D eigenvalue weighted by Gasteiger charge is -2.11. The van der Waals surface area contributed by atoms with E-state index in [9.17, 15) is 13.2 Å². The molecule has 0 bridgehead atoms. The Morgan fingerprint density at radius 2 is 2.22 bits per heavy atom. The highest BCUT2D eigenvalue weighted by atomic mass is 35.5. The maximum atomic E-state index is 12.6. The van der Waals surface area contributed by atoms with Crippen molar-refractivity contribution in [1.82, 2.24) is 25.2 Å². The average Bonchev–Trinajstić information content (AvgIpc) is 3.15. The lowest BCUT2D eigenvalue weighted by atomic mass is 10.2. The van der Waals surface area contributed by atoms with Crippen LogP contribution in [0.15, 0.2) is 35.5 Å². The number of sulfonamides is 1. The highest BCUT2D eigenvalue weighted by Gasteiger charge is 2.25. The van der Waals surface area contributed by atoms with Gasteiger partial charge in [0.2, 0.25) is 11.8 Å². The Balaban J connectivity index is 1.81. The number of amides is 2. The number of halogens is 1. The fourth-order valence-electron chi connectivity index (χ4n) is 2.12. The summed E-state index contributed by atoms with van der Waals surface area (Å²) in [4.78, 5) is 28.5. The van der Waals surface area contributed by atoms with Crippen molar-refractivity contribution in [3.63, 3.8) is 0 Å². The van der Waals surface area contributed by atoms with Crippen molar-refractivity contribution < 1.29 is 22.8 Å². The lowest BCUT2D eigenvalue weighted by molar-refractivity contribution is 0.121. The first kappa shape index (κ1) is 18.8. The van der Waals surface area contributed by atoms with E-state index in [-0.39, 0.29) is 34.2 Å². The summed E-state index contributed by atoms with van der Waals surface area (Å²) >= 11 is 5.78. The Bertz CT molecular complexity index is 1010. The zero-order chi connectivity index (χ0) is 19.4. The second-order valence-electron chi connectivity index (χ2n) is 5.00. The number of aromatic nitrogens is 3. The molecule has 0 saturated carbocycles. The Morgan fingerprint density at radius 1 is 1.41 bits per heavy atom. The van der Waals surface area contributed by atoms with Gasteiger partial charge in [-0.25, -0.2) is 19.5 Å². The molecule has 0 radical (unpaired) electrons. The highest BCUT2D eigenvalue weighted by Crippen LogP contribution is 2.21. The predicted octanol–water partition coefficient (Wildman–Crippen LogP) is 0.920. The summed E-state index contributed by atoms with van der Waals surface area (Å²) in [5.74, 6) is -0.138. The van der Waals surface area contributed by atoms with Crippen molar-refractivity contribution in [3.05, 3.63) is 41.2 Å². The molecule has 0 unspecified atom stereocenters. The summed E-state index contributed by atoms with van der Waals surface area (Å²) in [5.41, 5.74) is 3.25. The number of methoxy groups -OCH3 is 1. The summed E-state index contributed by atoms with van der Waals surface area (Å²) < 4.78 is 31.9. The second kappa shape index (κ2) is 7.73. The molecule has 142 valence electrons. The Hall–Kier alpha value is -2.96. The normalized spacial score (nSPS) is 13.5. The van der Waals surface area contributed by atoms with Crippen LogP contribution >= 0.6 is 11.6 Å². The van der Waals surface area contributed by atoms with E-state index in [1.807, 2.05) is 4.72 Å². The van der Waals surface area contributed by atoms with Crippen molar-refractivity contribution in [2.24, 2.45) is 0 Å². The second-order valence-corrected chi connectivity index (χ2v) is 6.99. The summed E-state index contributed by atoms with van der Waals surface area (Å²) in [6.45, 7) is 0.269. The predicted molar refractivity (Wildman–Crippen MR) is 94.2 cm³/mol. The summed E-state index contributed by atoms with van der Waals surface area (Å²) in [6, 6.07) is 3.31.